The lowest BCUT2D eigenvalue weighted by Crippen LogP contribution is -2.15. The lowest BCUT2D eigenvalue weighted by atomic mass is 10.2. The number of ether oxygens (including phenoxy) is 1. The fourth-order valence-electron chi connectivity index (χ4n) is 1.97. The van der Waals surface area contributed by atoms with Gasteiger partial charge >= 0.3 is 5.97 Å². The van der Waals surface area contributed by atoms with Crippen molar-refractivity contribution in [3.05, 3.63) is 34.4 Å². The normalized spacial score (nSPS) is 11.0. The van der Waals surface area contributed by atoms with Crippen molar-refractivity contribution in [2.45, 2.75) is 20.4 Å². The summed E-state index contributed by atoms with van der Waals surface area (Å²) in [4.78, 5) is 22.9. The Hall–Kier alpha value is -1.62. The first-order chi connectivity index (χ1) is 9.51. The van der Waals surface area contributed by atoms with Crippen molar-refractivity contribution in [3.8, 4) is 0 Å². The van der Waals surface area contributed by atoms with Gasteiger partial charge in [-0.25, -0.2) is 0 Å². The summed E-state index contributed by atoms with van der Waals surface area (Å²) >= 11 is 3.38. The van der Waals surface area contributed by atoms with E-state index in [1.165, 1.54) is 0 Å². The Morgan fingerprint density at radius 3 is 2.85 bits per heavy atom. The number of hydrogen-bond donors (Lipinski definition) is 0. The molecule has 0 unspecified atom stereocenters. The Labute approximate surface area is 125 Å². The number of fused-ring (bicyclic) bond motifs is 1. The molecule has 0 bridgehead atoms. The zero-order valence-corrected chi connectivity index (χ0v) is 13.0. The number of rotatable bonds is 5. The third-order valence-corrected chi connectivity index (χ3v) is 3.37. The summed E-state index contributed by atoms with van der Waals surface area (Å²) in [6, 6.07) is 5.63. The molecule has 0 N–H and O–H groups in total. The van der Waals surface area contributed by atoms with Gasteiger partial charge in [-0.1, -0.05) is 29.8 Å². The number of aromatic nitrogens is 1. The first-order valence-electron chi connectivity index (χ1n) is 6.40. The molecule has 0 aliphatic rings. The molecule has 0 atom stereocenters. The topological polar surface area (TPSA) is 48.3 Å². The molecule has 0 saturated heterocycles. The van der Waals surface area contributed by atoms with E-state index in [9.17, 15) is 9.59 Å². The summed E-state index contributed by atoms with van der Waals surface area (Å²) in [5.41, 5.74) is 1.41. The Morgan fingerprint density at radius 2 is 2.20 bits per heavy atom. The molecule has 0 saturated carbocycles. The minimum atomic E-state index is -0.295. The highest BCUT2D eigenvalue weighted by Crippen LogP contribution is 2.24. The molecule has 0 aliphatic heterocycles. The number of benzene rings is 1. The molecule has 1 aromatic heterocycles. The van der Waals surface area contributed by atoms with Crippen LogP contribution in [-0.4, -0.2) is 23.4 Å². The molecule has 4 nitrogen and oxygen atoms in total. The van der Waals surface area contributed by atoms with Gasteiger partial charge in [-0.2, -0.15) is 0 Å². The Balaban J connectivity index is 2.26. The highest BCUT2D eigenvalue weighted by molar-refractivity contribution is 9.10. The van der Waals surface area contributed by atoms with Crippen molar-refractivity contribution in [1.82, 2.24) is 4.57 Å². The van der Waals surface area contributed by atoms with Gasteiger partial charge in [-0.3, -0.25) is 9.59 Å². The second-order valence-electron chi connectivity index (χ2n) is 5.07. The van der Waals surface area contributed by atoms with Gasteiger partial charge < -0.3 is 9.30 Å². The average molecular weight is 338 g/mol. The van der Waals surface area contributed by atoms with Crippen molar-refractivity contribution in [2.75, 3.05) is 6.61 Å². The van der Waals surface area contributed by atoms with Gasteiger partial charge in [0.25, 0.3) is 0 Å². The number of hydrogen-bond acceptors (Lipinski definition) is 3. The van der Waals surface area contributed by atoms with Crippen LogP contribution in [0.3, 0.4) is 0 Å². The molecule has 0 radical (unpaired) electrons. The largest absolute Gasteiger partial charge is 0.464 e. The fraction of sp³-hybridized carbons (Fsp3) is 0.333. The zero-order valence-electron chi connectivity index (χ0n) is 11.4. The molecule has 5 heteroatoms. The summed E-state index contributed by atoms with van der Waals surface area (Å²) in [6.07, 6.45) is 2.48. The van der Waals surface area contributed by atoms with Crippen LogP contribution < -0.4 is 0 Å². The SMILES string of the molecule is CC(C)COC(=O)Cn1cc(C=O)c2cc(Br)ccc21. The minimum Gasteiger partial charge on any atom is -0.464 e. The van der Waals surface area contributed by atoms with Gasteiger partial charge in [0, 0.05) is 27.1 Å². The number of carbonyl (C=O) groups excluding carboxylic acids is 2. The van der Waals surface area contributed by atoms with Gasteiger partial charge in [-0.15, -0.1) is 0 Å². The Kier molecular flexibility index (Phi) is 4.60. The van der Waals surface area contributed by atoms with Crippen molar-refractivity contribution in [1.29, 1.82) is 0 Å². The number of carbonyl (C=O) groups is 2. The maximum atomic E-state index is 11.8. The van der Waals surface area contributed by atoms with Crippen LogP contribution >= 0.6 is 15.9 Å². The lowest BCUT2D eigenvalue weighted by molar-refractivity contribution is -0.145. The average Bonchev–Trinajstić information content (AvgIpc) is 2.73. The Bertz CT molecular complexity index is 646. The van der Waals surface area contributed by atoms with Gasteiger partial charge in [-0.05, 0) is 24.1 Å². The van der Waals surface area contributed by atoms with Crippen LogP contribution in [0.25, 0.3) is 10.9 Å². The van der Waals surface area contributed by atoms with Crippen molar-refractivity contribution in [2.24, 2.45) is 5.92 Å². The zero-order chi connectivity index (χ0) is 14.7. The van der Waals surface area contributed by atoms with Crippen LogP contribution in [0.15, 0.2) is 28.9 Å². The number of halogens is 1. The molecule has 1 heterocycles. The van der Waals surface area contributed by atoms with Crippen LogP contribution in [0, 0.1) is 5.92 Å². The Morgan fingerprint density at radius 1 is 1.45 bits per heavy atom. The first-order valence-corrected chi connectivity index (χ1v) is 7.19. The molecule has 106 valence electrons. The monoisotopic (exact) mass is 337 g/mol. The van der Waals surface area contributed by atoms with E-state index in [1.807, 2.05) is 32.0 Å². The van der Waals surface area contributed by atoms with Crippen molar-refractivity contribution in [3.63, 3.8) is 0 Å². The van der Waals surface area contributed by atoms with Crippen molar-refractivity contribution < 1.29 is 14.3 Å². The number of nitrogens with zero attached hydrogens (tertiary/aromatic N) is 1. The smallest absolute Gasteiger partial charge is 0.325 e. The van der Waals surface area contributed by atoms with Crippen LogP contribution in [0.1, 0.15) is 24.2 Å². The fourth-order valence-corrected chi connectivity index (χ4v) is 2.33. The predicted molar refractivity (Wildman–Crippen MR) is 80.8 cm³/mol. The number of esters is 1. The minimum absolute atomic E-state index is 0.110. The van der Waals surface area contributed by atoms with Crippen molar-refractivity contribution >= 4 is 39.1 Å². The van der Waals surface area contributed by atoms with Crippen LogP contribution in [0.2, 0.25) is 0 Å². The summed E-state index contributed by atoms with van der Waals surface area (Å²) in [5.74, 6) is 0.0119. The molecule has 0 spiro atoms. The van der Waals surface area contributed by atoms with Gasteiger partial charge in [0.1, 0.15) is 6.54 Å². The molecule has 0 amide bonds. The van der Waals surface area contributed by atoms with E-state index in [0.717, 1.165) is 21.7 Å². The van der Waals surface area contributed by atoms with E-state index < -0.39 is 0 Å². The van der Waals surface area contributed by atoms with Gasteiger partial charge in [0.05, 0.1) is 6.61 Å². The van der Waals surface area contributed by atoms with Crippen LogP contribution in [-0.2, 0) is 16.1 Å². The lowest BCUT2D eigenvalue weighted by Gasteiger charge is -2.08. The maximum absolute atomic E-state index is 11.8. The van der Waals surface area contributed by atoms with E-state index in [1.54, 1.807) is 10.8 Å². The summed E-state index contributed by atoms with van der Waals surface area (Å²) < 4.78 is 7.81. The van der Waals surface area contributed by atoms with E-state index in [4.69, 9.17) is 4.74 Å². The van der Waals surface area contributed by atoms with E-state index in [-0.39, 0.29) is 12.5 Å². The summed E-state index contributed by atoms with van der Waals surface area (Å²) in [7, 11) is 0. The van der Waals surface area contributed by atoms with Crippen LogP contribution in [0.5, 0.6) is 0 Å². The molecular weight excluding hydrogens is 322 g/mol. The third-order valence-electron chi connectivity index (χ3n) is 2.88. The van der Waals surface area contributed by atoms with Gasteiger partial charge in [0.15, 0.2) is 6.29 Å². The maximum Gasteiger partial charge on any atom is 0.325 e. The molecule has 2 rings (SSSR count). The molecule has 0 fully saturated rings. The molecule has 20 heavy (non-hydrogen) atoms. The molecule has 2 aromatic rings. The standard InChI is InChI=1S/C15H16BrNO3/c1-10(2)9-20-15(19)7-17-6-11(8-18)13-5-12(16)3-4-14(13)17/h3-6,8,10H,7,9H2,1-2H3. The first kappa shape index (κ1) is 14.8. The molecule has 0 aliphatic carbocycles. The highest BCUT2D eigenvalue weighted by Gasteiger charge is 2.12. The highest BCUT2D eigenvalue weighted by atomic mass is 79.9. The predicted octanol–water partition coefficient (Wildman–Crippen LogP) is 3.42. The second kappa shape index (κ2) is 6.22. The quantitative estimate of drug-likeness (QED) is 0.620. The molecular formula is C15H16BrNO3. The number of aldehydes is 1. The summed E-state index contributed by atoms with van der Waals surface area (Å²) in [5, 5.41) is 0.825. The molecule has 1 aromatic carbocycles. The third kappa shape index (κ3) is 3.28. The van der Waals surface area contributed by atoms with E-state index >= 15 is 0 Å². The van der Waals surface area contributed by atoms with E-state index in [0.29, 0.717) is 18.1 Å². The van der Waals surface area contributed by atoms with E-state index in [2.05, 4.69) is 15.9 Å². The second-order valence-corrected chi connectivity index (χ2v) is 5.98. The van der Waals surface area contributed by atoms with Crippen LogP contribution in [0.4, 0.5) is 0 Å². The van der Waals surface area contributed by atoms with Gasteiger partial charge in [0.2, 0.25) is 0 Å². The summed E-state index contributed by atoms with van der Waals surface area (Å²) in [6.45, 7) is 4.49.